The van der Waals surface area contributed by atoms with Crippen LogP contribution in [0.4, 0.5) is 4.79 Å². The van der Waals surface area contributed by atoms with Gasteiger partial charge in [-0.2, -0.15) is 0 Å². The van der Waals surface area contributed by atoms with Gasteiger partial charge >= 0.3 is 6.16 Å². The van der Waals surface area contributed by atoms with Gasteiger partial charge in [0, 0.05) is 6.42 Å². The first-order valence-corrected chi connectivity index (χ1v) is 18.8. The predicted octanol–water partition coefficient (Wildman–Crippen LogP) is 11.7. The van der Waals surface area contributed by atoms with Crippen LogP contribution < -0.4 is 0 Å². The molecule has 4 nitrogen and oxygen atoms in total. The third kappa shape index (κ3) is 7.57. The highest BCUT2D eigenvalue weighted by Crippen LogP contribution is 2.67. The van der Waals surface area contributed by atoms with Gasteiger partial charge in [0.1, 0.15) is 6.10 Å². The number of fused-ring (bicyclic) bond motifs is 5. The number of benzene rings is 1. The van der Waals surface area contributed by atoms with E-state index in [0.717, 1.165) is 66.8 Å². The van der Waals surface area contributed by atoms with Gasteiger partial charge in [0.2, 0.25) is 0 Å². The van der Waals surface area contributed by atoms with Crippen LogP contribution in [-0.2, 0) is 16.0 Å². The average molecular weight is 618 g/mol. The number of hydrogen-bond donors (Lipinski definition) is 0. The van der Waals surface area contributed by atoms with E-state index in [4.69, 9.17) is 9.57 Å². The quantitative estimate of drug-likeness (QED) is 0.0585. The monoisotopic (exact) mass is 617 g/mol. The Kier molecular flexibility index (Phi) is 11.2. The molecule has 0 spiro atoms. The highest BCUT2D eigenvalue weighted by atomic mass is 16.8. The van der Waals surface area contributed by atoms with Crippen LogP contribution in [0.3, 0.4) is 0 Å². The minimum atomic E-state index is -0.679. The van der Waals surface area contributed by atoms with Crippen molar-refractivity contribution in [1.29, 1.82) is 0 Å². The summed E-state index contributed by atoms with van der Waals surface area (Å²) in [5, 5.41) is 4.12. The number of nitrogens with zero attached hydrogens (tertiary/aromatic N) is 1. The molecule has 250 valence electrons. The Morgan fingerprint density at radius 3 is 2.47 bits per heavy atom. The number of hydrogen-bond acceptors (Lipinski definition) is 4. The third-order valence-electron chi connectivity index (χ3n) is 13.2. The summed E-state index contributed by atoms with van der Waals surface area (Å²) in [7, 11) is 0. The molecule has 3 saturated carbocycles. The van der Waals surface area contributed by atoms with E-state index >= 15 is 0 Å². The lowest BCUT2D eigenvalue weighted by molar-refractivity contribution is -0.0616. The zero-order valence-electron chi connectivity index (χ0n) is 29.7. The molecule has 4 heteroatoms. The summed E-state index contributed by atoms with van der Waals surface area (Å²) in [4.78, 5) is 17.9. The van der Waals surface area contributed by atoms with Crippen LogP contribution in [-0.4, -0.2) is 18.0 Å². The molecule has 0 N–H and O–H groups in total. The van der Waals surface area contributed by atoms with Crippen molar-refractivity contribution >= 4 is 11.9 Å². The fraction of sp³-hybridized carbons (Fsp3) is 0.756. The normalized spacial score (nSPS) is 33.6. The van der Waals surface area contributed by atoms with Crippen molar-refractivity contribution in [2.45, 2.75) is 151 Å². The standard InChI is InChI=1S/C41H63NO3/c1-8-9-10-14-31-15-17-32(18-16-31)30(5)42-45-39(43)44-34-23-25-40(6)33(27-34)19-20-35-37-22-21-36(29(4)13-11-12-28(2)3)41(37,7)26-24-38(35)40/h15-19,28-29,34-38H,8-14,20-27H2,1-7H3/b42-30-/t29-,34+,35-,36+,37-,38-,40-,41+/m0/s1. The van der Waals surface area contributed by atoms with Crippen LogP contribution in [0.5, 0.6) is 0 Å². The maximum Gasteiger partial charge on any atom is 0.535 e. The minimum absolute atomic E-state index is 0.123. The maximum absolute atomic E-state index is 12.7. The predicted molar refractivity (Wildman–Crippen MR) is 186 cm³/mol. The molecule has 0 aromatic heterocycles. The van der Waals surface area contributed by atoms with Crippen molar-refractivity contribution in [2.24, 2.45) is 51.5 Å². The number of allylic oxidation sites excluding steroid dienone is 1. The van der Waals surface area contributed by atoms with Crippen LogP contribution in [0.1, 0.15) is 149 Å². The van der Waals surface area contributed by atoms with E-state index in [0.29, 0.717) is 11.1 Å². The molecule has 0 radical (unpaired) electrons. The van der Waals surface area contributed by atoms with Crippen molar-refractivity contribution in [3.8, 4) is 0 Å². The van der Waals surface area contributed by atoms with Crippen LogP contribution in [0, 0.1) is 46.3 Å². The number of aryl methyl sites for hydroxylation is 1. The summed E-state index contributed by atoms with van der Waals surface area (Å²) < 4.78 is 5.85. The molecule has 3 fully saturated rings. The molecule has 45 heavy (non-hydrogen) atoms. The second-order valence-electron chi connectivity index (χ2n) is 16.4. The van der Waals surface area contributed by atoms with E-state index in [1.807, 2.05) is 6.92 Å². The molecule has 1 aromatic rings. The molecule has 0 heterocycles. The van der Waals surface area contributed by atoms with E-state index in [-0.39, 0.29) is 11.5 Å². The Morgan fingerprint density at radius 2 is 1.73 bits per heavy atom. The van der Waals surface area contributed by atoms with E-state index in [9.17, 15) is 4.79 Å². The first-order chi connectivity index (χ1) is 21.5. The van der Waals surface area contributed by atoms with Crippen molar-refractivity contribution in [3.05, 3.63) is 47.0 Å². The lowest BCUT2D eigenvalue weighted by atomic mass is 9.47. The molecular formula is C41H63NO3. The highest BCUT2D eigenvalue weighted by molar-refractivity contribution is 5.98. The van der Waals surface area contributed by atoms with Crippen molar-refractivity contribution in [1.82, 2.24) is 0 Å². The second kappa shape index (κ2) is 14.8. The van der Waals surface area contributed by atoms with E-state index in [1.165, 1.54) is 81.8 Å². The topological polar surface area (TPSA) is 47.9 Å². The summed E-state index contributed by atoms with van der Waals surface area (Å²) in [5.74, 6) is 5.01. The summed E-state index contributed by atoms with van der Waals surface area (Å²) in [5.41, 5.74) is 5.28. The molecular weight excluding hydrogens is 554 g/mol. The molecule has 8 atom stereocenters. The maximum atomic E-state index is 12.7. The van der Waals surface area contributed by atoms with Gasteiger partial charge in [0.05, 0.1) is 5.71 Å². The Hall–Kier alpha value is -2.10. The van der Waals surface area contributed by atoms with Crippen LogP contribution in [0.15, 0.2) is 41.1 Å². The number of oxime groups is 1. The highest BCUT2D eigenvalue weighted by Gasteiger charge is 2.59. The Labute approximate surface area is 275 Å². The van der Waals surface area contributed by atoms with Crippen molar-refractivity contribution in [3.63, 3.8) is 0 Å². The van der Waals surface area contributed by atoms with E-state index < -0.39 is 6.16 Å². The zero-order valence-corrected chi connectivity index (χ0v) is 29.7. The van der Waals surface area contributed by atoms with Gasteiger partial charge in [-0.25, -0.2) is 4.79 Å². The Morgan fingerprint density at radius 1 is 0.956 bits per heavy atom. The summed E-state index contributed by atoms with van der Waals surface area (Å²) in [6, 6.07) is 8.43. The number of ether oxygens (including phenoxy) is 1. The molecule has 0 unspecified atom stereocenters. The van der Waals surface area contributed by atoms with E-state index in [2.05, 4.69) is 77.0 Å². The van der Waals surface area contributed by atoms with Crippen LogP contribution in [0.2, 0.25) is 0 Å². The fourth-order valence-corrected chi connectivity index (χ4v) is 10.6. The number of carbonyl (C=O) groups is 1. The third-order valence-corrected chi connectivity index (χ3v) is 13.2. The number of unbranched alkanes of at least 4 members (excludes halogenated alkanes) is 2. The molecule has 1 aromatic carbocycles. The van der Waals surface area contributed by atoms with Crippen molar-refractivity contribution in [2.75, 3.05) is 0 Å². The lowest BCUT2D eigenvalue weighted by Gasteiger charge is -2.58. The molecule has 0 bridgehead atoms. The SMILES string of the molecule is CCCCCc1ccc(/C(C)=N\OC(=O)O[C@@H]2CC[C@@]3(C)C(=CC[C@H]4[C@@H]5CC[C@H]([C@@H](C)CCCC(C)C)[C@@]5(C)CC[C@@H]43)C2)cc1. The van der Waals surface area contributed by atoms with Gasteiger partial charge in [-0.15, -0.1) is 0 Å². The largest absolute Gasteiger partial charge is 0.535 e. The molecule has 0 aliphatic heterocycles. The Balaban J connectivity index is 1.14. The minimum Gasteiger partial charge on any atom is -0.429 e. The first-order valence-electron chi connectivity index (χ1n) is 18.8. The smallest absolute Gasteiger partial charge is 0.429 e. The van der Waals surface area contributed by atoms with E-state index in [1.54, 1.807) is 0 Å². The average Bonchev–Trinajstić information content (AvgIpc) is 3.37. The van der Waals surface area contributed by atoms with Gasteiger partial charge in [-0.3, -0.25) is 4.84 Å². The van der Waals surface area contributed by atoms with Gasteiger partial charge in [0.15, 0.2) is 0 Å². The van der Waals surface area contributed by atoms with Gasteiger partial charge < -0.3 is 4.74 Å². The molecule has 5 rings (SSSR count). The fourth-order valence-electron chi connectivity index (χ4n) is 10.6. The van der Waals surface area contributed by atoms with Gasteiger partial charge in [-0.1, -0.05) is 115 Å². The summed E-state index contributed by atoms with van der Waals surface area (Å²) >= 11 is 0. The molecule has 0 saturated heterocycles. The van der Waals surface area contributed by atoms with Crippen LogP contribution in [0.25, 0.3) is 0 Å². The number of carbonyl (C=O) groups excluding carboxylic acids is 1. The van der Waals surface area contributed by atoms with Crippen LogP contribution >= 0.6 is 0 Å². The van der Waals surface area contributed by atoms with Gasteiger partial charge in [-0.05, 0) is 122 Å². The lowest BCUT2D eigenvalue weighted by Crippen LogP contribution is -2.51. The second-order valence-corrected chi connectivity index (χ2v) is 16.4. The summed E-state index contributed by atoms with van der Waals surface area (Å²) in [6.07, 6.45) is 20.4. The molecule has 4 aliphatic rings. The number of rotatable bonds is 12. The van der Waals surface area contributed by atoms with Crippen molar-refractivity contribution < 1.29 is 14.4 Å². The summed E-state index contributed by atoms with van der Waals surface area (Å²) in [6.45, 7) is 16.6. The molecule has 0 amide bonds. The van der Waals surface area contributed by atoms with Gasteiger partial charge in [0.25, 0.3) is 0 Å². The Bertz CT molecular complexity index is 1200. The first kappa shape index (κ1) is 34.2. The molecule has 4 aliphatic carbocycles. The zero-order chi connectivity index (χ0) is 32.2.